The highest BCUT2D eigenvalue weighted by Gasteiger charge is 2.32. The molecule has 0 bridgehead atoms. The van der Waals surface area contributed by atoms with Crippen molar-refractivity contribution in [2.45, 2.75) is 6.54 Å². The molecule has 9 heteroatoms. The van der Waals surface area contributed by atoms with E-state index in [1.54, 1.807) is 23.1 Å². The summed E-state index contributed by atoms with van der Waals surface area (Å²) >= 11 is 6.58. The number of hydrogen-bond donors (Lipinski definition) is 0. The predicted molar refractivity (Wildman–Crippen MR) is 114 cm³/mol. The molecular weight excluding hydrogens is 418 g/mol. The molecule has 0 spiro atoms. The van der Waals surface area contributed by atoms with Crippen molar-refractivity contribution in [3.63, 3.8) is 0 Å². The molecule has 1 aliphatic rings. The van der Waals surface area contributed by atoms with Crippen molar-refractivity contribution < 1.29 is 22.1 Å². The fraction of sp³-hybridized carbons (Fsp3) is 0.158. The van der Waals surface area contributed by atoms with E-state index in [1.165, 1.54) is 24.9 Å². The van der Waals surface area contributed by atoms with E-state index in [9.17, 15) is 13.2 Å². The van der Waals surface area contributed by atoms with Gasteiger partial charge in [-0.15, -0.1) is 0 Å². The van der Waals surface area contributed by atoms with Crippen molar-refractivity contribution >= 4 is 50.4 Å². The zero-order valence-corrected chi connectivity index (χ0v) is 17.6. The second-order valence-corrected chi connectivity index (χ2v) is 9.20. The maximum Gasteiger partial charge on any atom is 0.306 e. The molecule has 1 saturated heterocycles. The molecule has 0 radical (unpaired) electrons. The Kier molecular flexibility index (Phi) is 6.07. The van der Waals surface area contributed by atoms with Crippen molar-refractivity contribution in [1.82, 2.24) is 4.90 Å². The van der Waals surface area contributed by atoms with E-state index >= 15 is 0 Å². The lowest BCUT2D eigenvalue weighted by Gasteiger charge is -2.14. The Morgan fingerprint density at radius 1 is 1.14 bits per heavy atom. The summed E-state index contributed by atoms with van der Waals surface area (Å²) in [5.41, 5.74) is 1.65. The second-order valence-electron chi connectivity index (χ2n) is 5.95. The lowest BCUT2D eigenvalue weighted by atomic mass is 10.1. The third-order valence-electron chi connectivity index (χ3n) is 3.78. The highest BCUT2D eigenvalue weighted by Crippen LogP contribution is 2.35. The maximum absolute atomic E-state index is 12.7. The number of ether oxygens (including phenoxy) is 1. The van der Waals surface area contributed by atoms with E-state index in [2.05, 4.69) is 0 Å². The van der Waals surface area contributed by atoms with Crippen LogP contribution in [-0.4, -0.2) is 36.9 Å². The Morgan fingerprint density at radius 3 is 2.50 bits per heavy atom. The number of carbonyl (C=O) groups is 1. The molecule has 0 saturated carbocycles. The van der Waals surface area contributed by atoms with Gasteiger partial charge in [-0.2, -0.15) is 8.42 Å². The number of methoxy groups -OCH3 is 1. The van der Waals surface area contributed by atoms with Crippen LogP contribution in [0.4, 0.5) is 0 Å². The lowest BCUT2D eigenvalue weighted by Crippen LogP contribution is -2.27. The van der Waals surface area contributed by atoms with Crippen molar-refractivity contribution in [3.05, 3.63) is 64.6 Å². The van der Waals surface area contributed by atoms with Gasteiger partial charge >= 0.3 is 10.1 Å². The van der Waals surface area contributed by atoms with E-state index in [1.807, 2.05) is 30.3 Å². The molecule has 2 aromatic rings. The van der Waals surface area contributed by atoms with Gasteiger partial charge in [-0.3, -0.25) is 9.69 Å². The fourth-order valence-corrected chi connectivity index (χ4v) is 4.28. The summed E-state index contributed by atoms with van der Waals surface area (Å²) in [6, 6.07) is 14.3. The van der Waals surface area contributed by atoms with Gasteiger partial charge in [0.05, 0.1) is 24.8 Å². The van der Waals surface area contributed by atoms with Crippen molar-refractivity contribution in [2.75, 3.05) is 13.4 Å². The first-order valence-corrected chi connectivity index (χ1v) is 11.2. The summed E-state index contributed by atoms with van der Waals surface area (Å²) in [6.07, 6.45) is 2.65. The Labute approximate surface area is 173 Å². The Hall–Kier alpha value is -2.36. The minimum atomic E-state index is -3.68. The fourth-order valence-electron chi connectivity index (χ4n) is 2.56. The molecule has 0 N–H and O–H groups in total. The highest BCUT2D eigenvalue weighted by molar-refractivity contribution is 8.26. The minimum Gasteiger partial charge on any atom is -0.493 e. The first-order valence-electron chi connectivity index (χ1n) is 8.13. The number of benzene rings is 2. The quantitative estimate of drug-likeness (QED) is 0.391. The number of thiocarbonyl (C=S) groups is 1. The number of carbonyl (C=O) groups excluding carboxylic acids is 1. The average Bonchev–Trinajstić information content (AvgIpc) is 2.90. The second kappa shape index (κ2) is 8.34. The van der Waals surface area contributed by atoms with Gasteiger partial charge in [0.1, 0.15) is 4.32 Å². The molecule has 0 atom stereocenters. The van der Waals surface area contributed by atoms with E-state index < -0.39 is 10.1 Å². The summed E-state index contributed by atoms with van der Waals surface area (Å²) in [7, 11) is -2.27. The molecule has 1 heterocycles. The number of hydrogen-bond acceptors (Lipinski definition) is 7. The van der Waals surface area contributed by atoms with Crippen LogP contribution in [0.15, 0.2) is 53.4 Å². The van der Waals surface area contributed by atoms with Gasteiger partial charge in [-0.25, -0.2) is 0 Å². The molecule has 0 aromatic heterocycles. The lowest BCUT2D eigenvalue weighted by molar-refractivity contribution is -0.122. The highest BCUT2D eigenvalue weighted by atomic mass is 32.2. The summed E-state index contributed by atoms with van der Waals surface area (Å²) in [4.78, 5) is 14.8. The van der Waals surface area contributed by atoms with Gasteiger partial charge < -0.3 is 8.92 Å². The summed E-state index contributed by atoms with van der Waals surface area (Å²) in [5, 5.41) is 0. The van der Waals surface area contributed by atoms with Crippen LogP contribution in [-0.2, 0) is 21.5 Å². The van der Waals surface area contributed by atoms with Crippen LogP contribution in [0.2, 0.25) is 0 Å². The van der Waals surface area contributed by atoms with Crippen LogP contribution in [0, 0.1) is 0 Å². The first-order chi connectivity index (χ1) is 13.3. The SMILES string of the molecule is COc1cc(/C=C2\SC(=S)N(Cc3ccccc3)C2=O)ccc1OS(C)(=O)=O. The molecule has 0 unspecified atom stereocenters. The number of nitrogens with zero attached hydrogens (tertiary/aromatic N) is 1. The van der Waals surface area contributed by atoms with E-state index in [-0.39, 0.29) is 17.4 Å². The number of amides is 1. The number of thioether (sulfide) groups is 1. The molecule has 1 aliphatic heterocycles. The van der Waals surface area contributed by atoms with E-state index in [0.717, 1.165) is 11.8 Å². The van der Waals surface area contributed by atoms with Crippen LogP contribution in [0.5, 0.6) is 11.5 Å². The van der Waals surface area contributed by atoms with Gasteiger partial charge in [0.25, 0.3) is 5.91 Å². The largest absolute Gasteiger partial charge is 0.493 e. The third-order valence-corrected chi connectivity index (χ3v) is 5.64. The van der Waals surface area contributed by atoms with E-state index in [4.69, 9.17) is 21.1 Å². The van der Waals surface area contributed by atoms with Crippen LogP contribution < -0.4 is 8.92 Å². The molecule has 0 aliphatic carbocycles. The molecule has 146 valence electrons. The van der Waals surface area contributed by atoms with E-state index in [0.29, 0.717) is 21.3 Å². The minimum absolute atomic E-state index is 0.0822. The third kappa shape index (κ3) is 4.92. The number of rotatable bonds is 6. The van der Waals surface area contributed by atoms with Crippen LogP contribution in [0.25, 0.3) is 6.08 Å². The summed E-state index contributed by atoms with van der Waals surface area (Å²) in [6.45, 7) is 0.410. The molecule has 1 amide bonds. The smallest absolute Gasteiger partial charge is 0.306 e. The van der Waals surface area contributed by atoms with Crippen molar-refractivity contribution in [2.24, 2.45) is 0 Å². The topological polar surface area (TPSA) is 72.9 Å². The van der Waals surface area contributed by atoms with Gasteiger partial charge in [-0.1, -0.05) is 60.4 Å². The van der Waals surface area contributed by atoms with Gasteiger partial charge in [0.15, 0.2) is 11.5 Å². The van der Waals surface area contributed by atoms with Crippen molar-refractivity contribution in [1.29, 1.82) is 0 Å². The monoisotopic (exact) mass is 435 g/mol. The van der Waals surface area contributed by atoms with Crippen LogP contribution in [0.1, 0.15) is 11.1 Å². The Bertz CT molecular complexity index is 1050. The van der Waals surface area contributed by atoms with Crippen molar-refractivity contribution in [3.8, 4) is 11.5 Å². The van der Waals surface area contributed by atoms with Gasteiger partial charge in [-0.05, 0) is 29.3 Å². The summed E-state index contributed by atoms with van der Waals surface area (Å²) in [5.74, 6) is 0.159. The molecule has 1 fully saturated rings. The standard InChI is InChI=1S/C19H17NO5S3/c1-24-16-10-14(8-9-15(16)25-28(2,22)23)11-17-18(21)20(19(26)27-17)12-13-6-4-3-5-7-13/h3-11H,12H2,1-2H3/b17-11-. The maximum atomic E-state index is 12.7. The molecular formula is C19H17NO5S3. The Balaban J connectivity index is 1.83. The van der Waals surface area contributed by atoms with Gasteiger partial charge in [0, 0.05) is 0 Å². The van der Waals surface area contributed by atoms with Crippen LogP contribution in [0.3, 0.4) is 0 Å². The first kappa shape index (κ1) is 20.4. The zero-order chi connectivity index (χ0) is 20.3. The van der Waals surface area contributed by atoms with Gasteiger partial charge in [0.2, 0.25) is 0 Å². The molecule has 6 nitrogen and oxygen atoms in total. The normalized spacial score (nSPS) is 15.9. The predicted octanol–water partition coefficient (Wildman–Crippen LogP) is 3.44. The average molecular weight is 436 g/mol. The summed E-state index contributed by atoms with van der Waals surface area (Å²) < 4.78 is 33.3. The molecule has 3 rings (SSSR count). The molecule has 28 heavy (non-hydrogen) atoms. The molecule has 2 aromatic carbocycles. The zero-order valence-electron chi connectivity index (χ0n) is 15.1. The van der Waals surface area contributed by atoms with Crippen LogP contribution >= 0.6 is 24.0 Å². The Morgan fingerprint density at radius 2 is 1.86 bits per heavy atom.